The van der Waals surface area contributed by atoms with Crippen LogP contribution in [0.25, 0.3) is 0 Å². The second kappa shape index (κ2) is 6.42. The Labute approximate surface area is 120 Å². The zero-order chi connectivity index (χ0) is 15.2. The van der Waals surface area contributed by atoms with E-state index in [1.54, 1.807) is 6.20 Å². The topological polar surface area (TPSA) is 116 Å². The summed E-state index contributed by atoms with van der Waals surface area (Å²) >= 11 is 0. The summed E-state index contributed by atoms with van der Waals surface area (Å²) in [5.74, 6) is -0.689. The Balaban J connectivity index is 2.06. The molecule has 0 aliphatic heterocycles. The number of hydrogen-bond acceptors (Lipinski definition) is 4. The van der Waals surface area contributed by atoms with Gasteiger partial charge < -0.3 is 25.5 Å². The first-order chi connectivity index (χ1) is 10.1. The number of carboxylic acid groups (broad SMARTS) is 1. The van der Waals surface area contributed by atoms with Gasteiger partial charge in [-0.3, -0.25) is 0 Å². The van der Waals surface area contributed by atoms with Gasteiger partial charge in [-0.2, -0.15) is 0 Å². The Hall–Kier alpha value is -3.03. The van der Waals surface area contributed by atoms with Crippen LogP contribution in [0.5, 0.6) is 5.75 Å². The number of benzene rings is 1. The van der Waals surface area contributed by atoms with E-state index in [2.05, 4.69) is 20.6 Å². The maximum absolute atomic E-state index is 11.8. The van der Waals surface area contributed by atoms with Crippen molar-refractivity contribution in [3.05, 3.63) is 42.0 Å². The van der Waals surface area contributed by atoms with E-state index in [0.717, 1.165) is 5.69 Å². The van der Waals surface area contributed by atoms with Crippen LogP contribution in [0.3, 0.4) is 0 Å². The highest BCUT2D eigenvalue weighted by atomic mass is 16.5. The molecule has 0 unspecified atom stereocenters. The zero-order valence-electron chi connectivity index (χ0n) is 11.2. The van der Waals surface area contributed by atoms with Gasteiger partial charge in [-0.15, -0.1) is 0 Å². The van der Waals surface area contributed by atoms with Crippen LogP contribution in [0.2, 0.25) is 0 Å². The highest BCUT2D eigenvalue weighted by Gasteiger charge is 2.13. The summed E-state index contributed by atoms with van der Waals surface area (Å²) in [6.45, 7) is 0.248. The molecular weight excluding hydrogens is 276 g/mol. The van der Waals surface area contributed by atoms with Gasteiger partial charge in [0.2, 0.25) is 0 Å². The molecule has 2 rings (SSSR count). The Morgan fingerprint density at radius 3 is 2.86 bits per heavy atom. The standard InChI is InChI=1S/C13H14N4O4/c1-21-9-2-3-10(12(18)19)11(4-9)17-13(20)15-6-8-5-14-7-16-8/h2-5,7H,6H2,1H3,(H,14,16)(H,18,19)(H2,15,17,20). The third kappa shape index (κ3) is 3.72. The normalized spacial score (nSPS) is 9.95. The number of carboxylic acids is 1. The molecule has 2 aromatic rings. The van der Waals surface area contributed by atoms with Gasteiger partial charge in [-0.1, -0.05) is 0 Å². The van der Waals surface area contributed by atoms with Gasteiger partial charge in [0, 0.05) is 12.3 Å². The fraction of sp³-hybridized carbons (Fsp3) is 0.154. The SMILES string of the molecule is COc1ccc(C(=O)O)c(NC(=O)NCc2cnc[nH]2)c1. The van der Waals surface area contributed by atoms with E-state index in [9.17, 15) is 9.59 Å². The lowest BCUT2D eigenvalue weighted by atomic mass is 10.1. The van der Waals surface area contributed by atoms with Crippen molar-refractivity contribution in [3.63, 3.8) is 0 Å². The number of carbonyl (C=O) groups is 2. The second-order valence-corrected chi connectivity index (χ2v) is 4.10. The van der Waals surface area contributed by atoms with Crippen molar-refractivity contribution in [3.8, 4) is 5.75 Å². The number of urea groups is 1. The number of imidazole rings is 1. The number of H-pyrrole nitrogens is 1. The van der Waals surface area contributed by atoms with Crippen molar-refractivity contribution in [1.82, 2.24) is 15.3 Å². The minimum Gasteiger partial charge on any atom is -0.497 e. The van der Waals surface area contributed by atoms with E-state index in [-0.39, 0.29) is 17.8 Å². The summed E-state index contributed by atoms with van der Waals surface area (Å²) in [5.41, 5.74) is 0.866. The van der Waals surface area contributed by atoms with Gasteiger partial charge in [0.05, 0.1) is 36.9 Å². The van der Waals surface area contributed by atoms with Crippen LogP contribution < -0.4 is 15.4 Å². The smallest absolute Gasteiger partial charge is 0.337 e. The van der Waals surface area contributed by atoms with Gasteiger partial charge >= 0.3 is 12.0 Å². The highest BCUT2D eigenvalue weighted by Crippen LogP contribution is 2.22. The van der Waals surface area contributed by atoms with Crippen LogP contribution in [0.4, 0.5) is 10.5 Å². The molecule has 0 atom stereocenters. The molecule has 8 heteroatoms. The minimum absolute atomic E-state index is 0.0208. The van der Waals surface area contributed by atoms with Crippen molar-refractivity contribution >= 4 is 17.7 Å². The number of amides is 2. The number of aromatic carboxylic acids is 1. The number of aromatic nitrogens is 2. The highest BCUT2D eigenvalue weighted by molar-refractivity contribution is 6.00. The van der Waals surface area contributed by atoms with Gasteiger partial charge in [-0.05, 0) is 12.1 Å². The summed E-state index contributed by atoms with van der Waals surface area (Å²) in [6, 6.07) is 3.79. The quantitative estimate of drug-likeness (QED) is 0.665. The molecule has 0 bridgehead atoms. The third-order valence-corrected chi connectivity index (χ3v) is 2.70. The first kappa shape index (κ1) is 14.4. The molecule has 8 nitrogen and oxygen atoms in total. The second-order valence-electron chi connectivity index (χ2n) is 4.10. The minimum atomic E-state index is -1.14. The Morgan fingerprint density at radius 1 is 1.43 bits per heavy atom. The van der Waals surface area contributed by atoms with E-state index in [4.69, 9.17) is 9.84 Å². The number of ether oxygens (including phenoxy) is 1. The fourth-order valence-electron chi connectivity index (χ4n) is 1.66. The lowest BCUT2D eigenvalue weighted by Crippen LogP contribution is -2.29. The summed E-state index contributed by atoms with van der Waals surface area (Å²) in [4.78, 5) is 29.6. The van der Waals surface area contributed by atoms with Crippen LogP contribution >= 0.6 is 0 Å². The first-order valence-corrected chi connectivity index (χ1v) is 6.03. The largest absolute Gasteiger partial charge is 0.497 e. The van der Waals surface area contributed by atoms with Crippen molar-refractivity contribution < 1.29 is 19.4 Å². The lowest BCUT2D eigenvalue weighted by molar-refractivity contribution is 0.0698. The molecule has 1 heterocycles. The van der Waals surface area contributed by atoms with Gasteiger partial charge in [0.1, 0.15) is 5.75 Å². The Morgan fingerprint density at radius 2 is 2.24 bits per heavy atom. The van der Waals surface area contributed by atoms with Crippen molar-refractivity contribution in [2.24, 2.45) is 0 Å². The molecule has 1 aromatic carbocycles. The van der Waals surface area contributed by atoms with Crippen molar-refractivity contribution in [2.75, 3.05) is 12.4 Å². The molecule has 2 amide bonds. The lowest BCUT2D eigenvalue weighted by Gasteiger charge is -2.11. The zero-order valence-corrected chi connectivity index (χ0v) is 11.2. The summed E-state index contributed by atoms with van der Waals surface area (Å²) in [6.07, 6.45) is 3.08. The van der Waals surface area contributed by atoms with Crippen LogP contribution in [-0.2, 0) is 6.54 Å². The number of anilines is 1. The first-order valence-electron chi connectivity index (χ1n) is 6.03. The van der Waals surface area contributed by atoms with Crippen LogP contribution in [0.1, 0.15) is 16.1 Å². The summed E-state index contributed by atoms with van der Waals surface area (Å²) in [5, 5.41) is 14.2. The summed E-state index contributed by atoms with van der Waals surface area (Å²) < 4.78 is 5.01. The molecule has 0 saturated heterocycles. The molecule has 0 aliphatic carbocycles. The number of carbonyl (C=O) groups excluding carboxylic acids is 1. The Bertz CT molecular complexity index is 640. The molecule has 0 saturated carbocycles. The van der Waals surface area contributed by atoms with E-state index in [1.807, 2.05) is 0 Å². The summed E-state index contributed by atoms with van der Waals surface area (Å²) in [7, 11) is 1.46. The maximum atomic E-state index is 11.8. The number of aromatic amines is 1. The van der Waals surface area contributed by atoms with Crippen LogP contribution in [-0.4, -0.2) is 34.2 Å². The average molecular weight is 290 g/mol. The molecular formula is C13H14N4O4. The number of hydrogen-bond donors (Lipinski definition) is 4. The third-order valence-electron chi connectivity index (χ3n) is 2.70. The molecule has 0 fully saturated rings. The van der Waals surface area contributed by atoms with Crippen LogP contribution in [0.15, 0.2) is 30.7 Å². The van der Waals surface area contributed by atoms with Crippen molar-refractivity contribution in [1.29, 1.82) is 0 Å². The van der Waals surface area contributed by atoms with E-state index in [0.29, 0.717) is 5.75 Å². The maximum Gasteiger partial charge on any atom is 0.337 e. The number of nitrogens with one attached hydrogen (secondary N) is 3. The number of methoxy groups -OCH3 is 1. The predicted molar refractivity (Wildman–Crippen MR) is 74.4 cm³/mol. The average Bonchev–Trinajstić information content (AvgIpc) is 2.98. The molecule has 0 aliphatic rings. The molecule has 4 N–H and O–H groups in total. The fourth-order valence-corrected chi connectivity index (χ4v) is 1.66. The Kier molecular flexibility index (Phi) is 4.39. The van der Waals surface area contributed by atoms with Crippen molar-refractivity contribution in [2.45, 2.75) is 6.54 Å². The van der Waals surface area contributed by atoms with E-state index < -0.39 is 12.0 Å². The number of rotatable bonds is 5. The molecule has 0 radical (unpaired) electrons. The van der Waals surface area contributed by atoms with Gasteiger partial charge in [0.15, 0.2) is 0 Å². The predicted octanol–water partition coefficient (Wildman–Crippen LogP) is 1.44. The van der Waals surface area contributed by atoms with E-state index >= 15 is 0 Å². The van der Waals surface area contributed by atoms with Gasteiger partial charge in [0.25, 0.3) is 0 Å². The monoisotopic (exact) mass is 290 g/mol. The molecule has 110 valence electrons. The van der Waals surface area contributed by atoms with E-state index in [1.165, 1.54) is 31.6 Å². The van der Waals surface area contributed by atoms with Crippen LogP contribution in [0, 0.1) is 0 Å². The molecule has 1 aromatic heterocycles. The molecule has 21 heavy (non-hydrogen) atoms. The number of nitrogens with zero attached hydrogens (tertiary/aromatic N) is 1. The molecule has 0 spiro atoms. The van der Waals surface area contributed by atoms with Gasteiger partial charge in [-0.25, -0.2) is 14.6 Å².